The van der Waals surface area contributed by atoms with Crippen molar-refractivity contribution in [3.05, 3.63) is 23.5 Å². The minimum Gasteiger partial charge on any atom is -0.244 e. The number of sulfone groups is 1. The van der Waals surface area contributed by atoms with Gasteiger partial charge in [-0.3, -0.25) is 0 Å². The molecule has 0 radical (unpaired) electrons. The van der Waals surface area contributed by atoms with Crippen LogP contribution in [0.2, 0.25) is 0 Å². The van der Waals surface area contributed by atoms with Gasteiger partial charge in [-0.05, 0) is 24.5 Å². The van der Waals surface area contributed by atoms with E-state index in [9.17, 15) is 8.42 Å². The van der Waals surface area contributed by atoms with Crippen LogP contribution in [-0.4, -0.2) is 19.2 Å². The lowest BCUT2D eigenvalue weighted by atomic mass is 10.2. The molecule has 0 aliphatic heterocycles. The van der Waals surface area contributed by atoms with Crippen molar-refractivity contribution in [2.75, 3.05) is 5.75 Å². The summed E-state index contributed by atoms with van der Waals surface area (Å²) < 4.78 is 24.0. The van der Waals surface area contributed by atoms with E-state index in [4.69, 9.17) is 5.26 Å². The zero-order chi connectivity index (χ0) is 12.2. The Kier molecular flexibility index (Phi) is 4.02. The third kappa shape index (κ3) is 2.39. The lowest BCUT2D eigenvalue weighted by Crippen LogP contribution is -2.12. The third-order valence-electron chi connectivity index (χ3n) is 2.26. The monoisotopic (exact) mass is 238 g/mol. The minimum atomic E-state index is -3.38. The van der Waals surface area contributed by atoms with Gasteiger partial charge in [0.05, 0.1) is 5.75 Å². The van der Waals surface area contributed by atoms with E-state index in [-0.39, 0.29) is 16.3 Å². The van der Waals surface area contributed by atoms with Crippen molar-refractivity contribution < 1.29 is 8.42 Å². The van der Waals surface area contributed by atoms with Crippen LogP contribution in [0.4, 0.5) is 0 Å². The first kappa shape index (κ1) is 12.7. The van der Waals surface area contributed by atoms with E-state index in [0.717, 1.165) is 0 Å². The molecule has 0 aromatic carbocycles. The molecule has 0 amide bonds. The molecule has 0 saturated heterocycles. The van der Waals surface area contributed by atoms with Gasteiger partial charge in [0, 0.05) is 6.20 Å². The van der Waals surface area contributed by atoms with Gasteiger partial charge in [-0.1, -0.05) is 13.8 Å². The standard InChI is InChI=1S/C11H14N2O2S/c1-3-7-16(14,15)11-9(4-2)5-6-13-10(11)8-12/h5-6H,3-4,7H2,1-2H3. The third-order valence-corrected chi connectivity index (χ3v) is 4.28. The predicted molar refractivity (Wildman–Crippen MR) is 60.7 cm³/mol. The van der Waals surface area contributed by atoms with Gasteiger partial charge in [-0.2, -0.15) is 5.26 Å². The Hall–Kier alpha value is -1.41. The molecule has 0 unspecified atom stereocenters. The molecule has 16 heavy (non-hydrogen) atoms. The Morgan fingerprint density at radius 3 is 2.62 bits per heavy atom. The SMILES string of the molecule is CCCS(=O)(=O)c1c(CC)ccnc1C#N. The maximum absolute atomic E-state index is 12.0. The van der Waals surface area contributed by atoms with E-state index in [1.165, 1.54) is 6.20 Å². The summed E-state index contributed by atoms with van der Waals surface area (Å²) in [7, 11) is -3.38. The second kappa shape index (κ2) is 5.08. The van der Waals surface area contributed by atoms with Crippen LogP contribution >= 0.6 is 0 Å². The molecule has 0 spiro atoms. The Labute approximate surface area is 95.9 Å². The molecule has 1 rings (SSSR count). The number of pyridine rings is 1. The van der Waals surface area contributed by atoms with Crippen LogP contribution in [0.5, 0.6) is 0 Å². The largest absolute Gasteiger partial charge is 0.244 e. The summed E-state index contributed by atoms with van der Waals surface area (Å²) in [6, 6.07) is 3.50. The summed E-state index contributed by atoms with van der Waals surface area (Å²) in [5.74, 6) is 0.0559. The molecule has 0 saturated carbocycles. The number of hydrogen-bond acceptors (Lipinski definition) is 4. The molecule has 0 N–H and O–H groups in total. The van der Waals surface area contributed by atoms with Crippen LogP contribution < -0.4 is 0 Å². The number of rotatable bonds is 4. The molecule has 1 aromatic heterocycles. The maximum atomic E-state index is 12.0. The van der Waals surface area contributed by atoms with E-state index in [0.29, 0.717) is 18.4 Å². The predicted octanol–water partition coefficient (Wildman–Crippen LogP) is 1.70. The molecule has 0 atom stereocenters. The van der Waals surface area contributed by atoms with Crippen molar-refractivity contribution in [3.8, 4) is 6.07 Å². The van der Waals surface area contributed by atoms with E-state index < -0.39 is 9.84 Å². The summed E-state index contributed by atoms with van der Waals surface area (Å²) >= 11 is 0. The second-order valence-corrected chi connectivity index (χ2v) is 5.48. The summed E-state index contributed by atoms with van der Waals surface area (Å²) in [5, 5.41) is 8.89. The fourth-order valence-electron chi connectivity index (χ4n) is 1.56. The van der Waals surface area contributed by atoms with Gasteiger partial charge >= 0.3 is 0 Å². The average molecular weight is 238 g/mol. The summed E-state index contributed by atoms with van der Waals surface area (Å²) in [5.41, 5.74) is 0.674. The van der Waals surface area contributed by atoms with Crippen molar-refractivity contribution in [2.45, 2.75) is 31.6 Å². The number of nitriles is 1. The van der Waals surface area contributed by atoms with Gasteiger partial charge in [0.2, 0.25) is 0 Å². The lowest BCUT2D eigenvalue weighted by molar-refractivity contribution is 0.592. The van der Waals surface area contributed by atoms with Gasteiger partial charge in [0.15, 0.2) is 15.5 Å². The summed E-state index contributed by atoms with van der Waals surface area (Å²) in [4.78, 5) is 3.93. The summed E-state index contributed by atoms with van der Waals surface area (Å²) in [6.07, 6.45) is 2.59. The average Bonchev–Trinajstić information content (AvgIpc) is 2.27. The van der Waals surface area contributed by atoms with Crippen molar-refractivity contribution in [1.29, 1.82) is 5.26 Å². The highest BCUT2D eigenvalue weighted by Gasteiger charge is 2.22. The van der Waals surface area contributed by atoms with E-state index in [1.54, 1.807) is 13.0 Å². The first-order chi connectivity index (χ1) is 7.56. The van der Waals surface area contributed by atoms with Gasteiger partial charge in [0.25, 0.3) is 0 Å². The molecular formula is C11H14N2O2S. The van der Waals surface area contributed by atoms with Crippen LogP contribution in [0.25, 0.3) is 0 Å². The maximum Gasteiger partial charge on any atom is 0.181 e. The van der Waals surface area contributed by atoms with Gasteiger partial charge < -0.3 is 0 Å². The van der Waals surface area contributed by atoms with Crippen LogP contribution in [-0.2, 0) is 16.3 Å². The van der Waals surface area contributed by atoms with Gasteiger partial charge in [-0.25, -0.2) is 13.4 Å². The number of nitrogens with zero attached hydrogens (tertiary/aromatic N) is 2. The normalized spacial score (nSPS) is 11.1. The Balaban J connectivity index is 3.47. The molecule has 4 nitrogen and oxygen atoms in total. The first-order valence-corrected chi connectivity index (χ1v) is 6.82. The zero-order valence-corrected chi connectivity index (χ0v) is 10.2. The van der Waals surface area contributed by atoms with Crippen molar-refractivity contribution in [3.63, 3.8) is 0 Å². The van der Waals surface area contributed by atoms with Gasteiger partial charge in [0.1, 0.15) is 11.0 Å². The topological polar surface area (TPSA) is 70.8 Å². The summed E-state index contributed by atoms with van der Waals surface area (Å²) in [6.45, 7) is 3.66. The van der Waals surface area contributed by atoms with E-state index in [1.807, 2.05) is 13.0 Å². The molecule has 0 aliphatic rings. The smallest absolute Gasteiger partial charge is 0.181 e. The van der Waals surface area contributed by atoms with E-state index in [2.05, 4.69) is 4.98 Å². The molecule has 0 aliphatic carbocycles. The molecule has 0 fully saturated rings. The van der Waals surface area contributed by atoms with Gasteiger partial charge in [-0.15, -0.1) is 0 Å². The molecule has 1 aromatic rings. The highest BCUT2D eigenvalue weighted by atomic mass is 32.2. The van der Waals surface area contributed by atoms with Crippen molar-refractivity contribution >= 4 is 9.84 Å². The molecule has 1 heterocycles. The fourth-order valence-corrected chi connectivity index (χ4v) is 3.31. The van der Waals surface area contributed by atoms with Crippen molar-refractivity contribution in [1.82, 2.24) is 4.98 Å². The highest BCUT2D eigenvalue weighted by Crippen LogP contribution is 2.21. The number of aromatic nitrogens is 1. The second-order valence-electron chi connectivity index (χ2n) is 3.43. The molecule has 5 heteroatoms. The Morgan fingerprint density at radius 2 is 2.12 bits per heavy atom. The Morgan fingerprint density at radius 1 is 1.44 bits per heavy atom. The molecular weight excluding hydrogens is 224 g/mol. The number of hydrogen-bond donors (Lipinski definition) is 0. The zero-order valence-electron chi connectivity index (χ0n) is 9.40. The minimum absolute atomic E-state index is 0.00722. The highest BCUT2D eigenvalue weighted by molar-refractivity contribution is 7.91. The molecule has 86 valence electrons. The van der Waals surface area contributed by atoms with Crippen LogP contribution in [0, 0.1) is 11.3 Å². The first-order valence-electron chi connectivity index (χ1n) is 5.17. The van der Waals surface area contributed by atoms with Crippen LogP contribution in [0.15, 0.2) is 17.2 Å². The lowest BCUT2D eigenvalue weighted by Gasteiger charge is -2.09. The van der Waals surface area contributed by atoms with Crippen molar-refractivity contribution in [2.24, 2.45) is 0 Å². The quantitative estimate of drug-likeness (QED) is 0.800. The fraction of sp³-hybridized carbons (Fsp3) is 0.455. The van der Waals surface area contributed by atoms with E-state index >= 15 is 0 Å². The molecule has 0 bridgehead atoms. The van der Waals surface area contributed by atoms with Crippen LogP contribution in [0.3, 0.4) is 0 Å². The Bertz CT molecular complexity index is 515. The van der Waals surface area contributed by atoms with Crippen LogP contribution in [0.1, 0.15) is 31.5 Å². The number of aryl methyl sites for hydroxylation is 1.